The molecule has 0 aromatic heterocycles. The Morgan fingerprint density at radius 3 is 2.78 bits per heavy atom. The Hall–Kier alpha value is -0.790. The zero-order chi connectivity index (χ0) is 6.74. The van der Waals surface area contributed by atoms with Crippen molar-refractivity contribution in [3.05, 3.63) is 12.2 Å². The molecule has 50 valence electrons. The quantitative estimate of drug-likeness (QED) is 0.559. The molecule has 2 heteroatoms. The van der Waals surface area contributed by atoms with Gasteiger partial charge in [0.05, 0.1) is 5.54 Å². The number of nitrogens with zero attached hydrogens (tertiary/aromatic N) is 1. The van der Waals surface area contributed by atoms with Crippen LogP contribution in [-0.4, -0.2) is 11.8 Å². The zero-order valence-electron chi connectivity index (χ0n) is 5.89. The van der Waals surface area contributed by atoms with E-state index in [-0.39, 0.29) is 5.54 Å². The van der Waals surface area contributed by atoms with Crippen molar-refractivity contribution in [3.8, 4) is 0 Å². The first-order chi connectivity index (χ1) is 4.27. The van der Waals surface area contributed by atoms with E-state index in [1.54, 1.807) is 6.21 Å². The van der Waals surface area contributed by atoms with Gasteiger partial charge >= 0.3 is 0 Å². The first-order valence-corrected chi connectivity index (χ1v) is 3.25. The average Bonchev–Trinajstić information content (AvgIpc) is 1.90. The van der Waals surface area contributed by atoms with Crippen molar-refractivity contribution in [3.63, 3.8) is 0 Å². The van der Waals surface area contributed by atoms with Crippen LogP contribution >= 0.6 is 0 Å². The van der Waals surface area contributed by atoms with Gasteiger partial charge in [0.1, 0.15) is 0 Å². The largest absolute Gasteiger partial charge is 0.300 e. The van der Waals surface area contributed by atoms with Gasteiger partial charge in [-0.3, -0.25) is 0 Å². The molecule has 0 aromatic carbocycles. The van der Waals surface area contributed by atoms with Gasteiger partial charge in [0.15, 0.2) is 0 Å². The molecule has 1 aliphatic rings. The Morgan fingerprint density at radius 2 is 2.44 bits per heavy atom. The summed E-state index contributed by atoms with van der Waals surface area (Å²) in [7, 11) is 0. The molecule has 2 nitrogen and oxygen atoms in total. The summed E-state index contributed by atoms with van der Waals surface area (Å²) >= 11 is 0. The van der Waals surface area contributed by atoms with Gasteiger partial charge < -0.3 is 5.43 Å². The Morgan fingerprint density at radius 1 is 1.67 bits per heavy atom. The van der Waals surface area contributed by atoms with E-state index in [0.717, 1.165) is 6.42 Å². The van der Waals surface area contributed by atoms with E-state index in [4.69, 9.17) is 0 Å². The molecule has 0 radical (unpaired) electrons. The minimum atomic E-state index is 0.0920. The van der Waals surface area contributed by atoms with E-state index in [1.807, 2.05) is 6.08 Å². The van der Waals surface area contributed by atoms with Crippen LogP contribution in [0.25, 0.3) is 0 Å². The van der Waals surface area contributed by atoms with E-state index in [2.05, 4.69) is 30.5 Å². The first-order valence-electron chi connectivity index (χ1n) is 3.25. The Bertz CT molecular complexity index is 149. The molecule has 1 N–H and O–H groups in total. The Balaban J connectivity index is 2.63. The molecule has 0 saturated carbocycles. The second-order valence-electron chi connectivity index (χ2n) is 2.52. The fraction of sp³-hybridized carbons (Fsp3) is 0.571. The van der Waals surface area contributed by atoms with Crippen molar-refractivity contribution >= 4 is 6.21 Å². The maximum absolute atomic E-state index is 3.94. The molecule has 0 spiro atoms. The molecule has 1 aliphatic heterocycles. The van der Waals surface area contributed by atoms with E-state index in [1.165, 1.54) is 0 Å². The molecule has 0 saturated heterocycles. The normalized spacial score (nSPS) is 32.2. The maximum Gasteiger partial charge on any atom is 0.0701 e. The third kappa shape index (κ3) is 1.31. The van der Waals surface area contributed by atoms with Crippen molar-refractivity contribution in [2.75, 3.05) is 0 Å². The third-order valence-electron chi connectivity index (χ3n) is 1.68. The summed E-state index contributed by atoms with van der Waals surface area (Å²) in [5, 5.41) is 3.94. The summed E-state index contributed by atoms with van der Waals surface area (Å²) in [5.74, 6) is 0. The lowest BCUT2D eigenvalue weighted by Crippen LogP contribution is -2.37. The second kappa shape index (κ2) is 2.21. The lowest BCUT2D eigenvalue weighted by atomic mass is 9.99. The fourth-order valence-corrected chi connectivity index (χ4v) is 0.717. The minimum absolute atomic E-state index is 0.0920. The summed E-state index contributed by atoms with van der Waals surface area (Å²) in [5.41, 5.74) is 3.12. The summed E-state index contributed by atoms with van der Waals surface area (Å²) in [4.78, 5) is 0. The van der Waals surface area contributed by atoms with E-state index in [0.29, 0.717) is 0 Å². The van der Waals surface area contributed by atoms with Crippen molar-refractivity contribution in [2.45, 2.75) is 25.8 Å². The zero-order valence-corrected chi connectivity index (χ0v) is 5.89. The van der Waals surface area contributed by atoms with Crippen LogP contribution < -0.4 is 5.43 Å². The number of nitrogens with one attached hydrogen (secondary N) is 1. The summed E-state index contributed by atoms with van der Waals surface area (Å²) < 4.78 is 0. The molecule has 0 amide bonds. The molecular formula is C7H12N2. The molecular weight excluding hydrogens is 112 g/mol. The van der Waals surface area contributed by atoms with Crippen LogP contribution in [0.5, 0.6) is 0 Å². The first kappa shape index (κ1) is 6.33. The number of hydrazone groups is 1. The van der Waals surface area contributed by atoms with Crippen molar-refractivity contribution in [1.82, 2.24) is 5.43 Å². The highest BCUT2D eigenvalue weighted by atomic mass is 15.3. The monoisotopic (exact) mass is 124 g/mol. The van der Waals surface area contributed by atoms with Crippen LogP contribution in [-0.2, 0) is 0 Å². The SMILES string of the molecule is CCC1(C)C=CC=NN1. The predicted molar refractivity (Wildman–Crippen MR) is 39.5 cm³/mol. The van der Waals surface area contributed by atoms with Crippen LogP contribution in [0.4, 0.5) is 0 Å². The molecule has 1 unspecified atom stereocenters. The van der Waals surface area contributed by atoms with Gasteiger partial charge in [0, 0.05) is 6.21 Å². The minimum Gasteiger partial charge on any atom is -0.300 e. The van der Waals surface area contributed by atoms with Gasteiger partial charge in [-0.1, -0.05) is 13.0 Å². The molecule has 0 aliphatic carbocycles. The smallest absolute Gasteiger partial charge is 0.0701 e. The average molecular weight is 124 g/mol. The molecule has 0 aromatic rings. The van der Waals surface area contributed by atoms with E-state index in [9.17, 15) is 0 Å². The number of allylic oxidation sites excluding steroid dienone is 1. The molecule has 0 bridgehead atoms. The molecule has 9 heavy (non-hydrogen) atoms. The topological polar surface area (TPSA) is 24.4 Å². The van der Waals surface area contributed by atoms with Crippen molar-refractivity contribution < 1.29 is 0 Å². The van der Waals surface area contributed by atoms with Gasteiger partial charge in [-0.2, -0.15) is 5.10 Å². The molecule has 0 fully saturated rings. The highest BCUT2D eigenvalue weighted by Gasteiger charge is 2.17. The third-order valence-corrected chi connectivity index (χ3v) is 1.68. The van der Waals surface area contributed by atoms with Crippen molar-refractivity contribution in [1.29, 1.82) is 0 Å². The standard InChI is InChI=1S/C7H12N2/c1-3-7(2)5-4-6-8-9-7/h4-6,9H,3H2,1-2H3. The van der Waals surface area contributed by atoms with Gasteiger partial charge in [-0.25, -0.2) is 0 Å². The molecule has 1 rings (SSSR count). The molecule has 1 heterocycles. The number of hydrogen-bond donors (Lipinski definition) is 1. The van der Waals surface area contributed by atoms with Gasteiger partial charge in [-0.15, -0.1) is 0 Å². The summed E-state index contributed by atoms with van der Waals surface area (Å²) in [6.45, 7) is 4.26. The number of hydrogen-bond acceptors (Lipinski definition) is 2. The van der Waals surface area contributed by atoms with Gasteiger partial charge in [0.25, 0.3) is 0 Å². The van der Waals surface area contributed by atoms with Crippen LogP contribution in [0.3, 0.4) is 0 Å². The predicted octanol–water partition coefficient (Wildman–Crippen LogP) is 1.30. The summed E-state index contributed by atoms with van der Waals surface area (Å²) in [6, 6.07) is 0. The lowest BCUT2D eigenvalue weighted by molar-refractivity contribution is 0.434. The van der Waals surface area contributed by atoms with Crippen LogP contribution in [0.1, 0.15) is 20.3 Å². The maximum atomic E-state index is 3.94. The van der Waals surface area contributed by atoms with Crippen LogP contribution in [0.2, 0.25) is 0 Å². The van der Waals surface area contributed by atoms with Gasteiger partial charge in [-0.05, 0) is 19.4 Å². The fourth-order valence-electron chi connectivity index (χ4n) is 0.717. The lowest BCUT2D eigenvalue weighted by Gasteiger charge is -2.25. The van der Waals surface area contributed by atoms with E-state index < -0.39 is 0 Å². The van der Waals surface area contributed by atoms with Crippen LogP contribution in [0.15, 0.2) is 17.3 Å². The summed E-state index contributed by atoms with van der Waals surface area (Å²) in [6.07, 6.45) is 6.93. The highest BCUT2D eigenvalue weighted by molar-refractivity contribution is 5.72. The van der Waals surface area contributed by atoms with Crippen LogP contribution in [0, 0.1) is 0 Å². The molecule has 1 atom stereocenters. The highest BCUT2D eigenvalue weighted by Crippen LogP contribution is 2.11. The van der Waals surface area contributed by atoms with Crippen molar-refractivity contribution in [2.24, 2.45) is 5.10 Å². The second-order valence-corrected chi connectivity index (χ2v) is 2.52. The Kier molecular flexibility index (Phi) is 1.56. The number of rotatable bonds is 1. The van der Waals surface area contributed by atoms with Gasteiger partial charge in [0.2, 0.25) is 0 Å². The Labute approximate surface area is 55.6 Å². The van der Waals surface area contributed by atoms with E-state index >= 15 is 0 Å².